The number of sulfone groups is 1. The second-order valence-corrected chi connectivity index (χ2v) is 14.0. The summed E-state index contributed by atoms with van der Waals surface area (Å²) in [5.74, 6) is -6.28. The number of hydrogen-bond donors (Lipinski definition) is 2. The zero-order chi connectivity index (χ0) is 31.7. The van der Waals surface area contributed by atoms with Crippen molar-refractivity contribution in [3.63, 3.8) is 0 Å². The first-order valence-corrected chi connectivity index (χ1v) is 16.3. The second-order valence-electron chi connectivity index (χ2n) is 11.0. The van der Waals surface area contributed by atoms with E-state index < -0.39 is 74.2 Å². The van der Waals surface area contributed by atoms with Crippen molar-refractivity contribution < 1.29 is 32.0 Å². The third-order valence-electron chi connectivity index (χ3n) is 8.42. The fraction of sp³-hybridized carbons (Fsp3) is 0.483. The summed E-state index contributed by atoms with van der Waals surface area (Å²) in [6.45, 7) is 3.10. The van der Waals surface area contributed by atoms with Crippen LogP contribution < -0.4 is 11.1 Å². The number of carbonyl (C=O) groups excluding carboxylic acids is 4. The lowest BCUT2D eigenvalue weighted by molar-refractivity contribution is -0.154. The number of carbonyl (C=O) groups is 4. The van der Waals surface area contributed by atoms with E-state index in [0.29, 0.717) is 6.42 Å². The van der Waals surface area contributed by atoms with Crippen LogP contribution in [0, 0.1) is 11.7 Å². The summed E-state index contributed by atoms with van der Waals surface area (Å²) in [6.07, 6.45) is 2.13. The molecule has 3 N–H and O–H groups in total. The number of rotatable bonds is 12. The van der Waals surface area contributed by atoms with Gasteiger partial charge in [-0.2, -0.15) is 0 Å². The van der Waals surface area contributed by atoms with Gasteiger partial charge in [0.1, 0.15) is 11.4 Å². The van der Waals surface area contributed by atoms with Crippen LogP contribution in [0.5, 0.6) is 0 Å². The molecule has 1 aliphatic heterocycles. The Kier molecular flexibility index (Phi) is 9.53. The van der Waals surface area contributed by atoms with Crippen LogP contribution in [0.4, 0.5) is 4.39 Å². The summed E-state index contributed by atoms with van der Waals surface area (Å²) < 4.78 is 42.9. The van der Waals surface area contributed by atoms with Crippen molar-refractivity contribution in [1.29, 1.82) is 0 Å². The SMILES string of the molecule is CCCCNC(=O)C(=O)[C@@H](CC)C1(C(N)=O)CC(S(=O)(=O)c2ccccc2Cl)CN1C(=O)C1(c2ncc(Cl)cc2F)CC1. The number of unbranched alkanes of at least 4 members (excludes halogenated alkanes) is 1. The van der Waals surface area contributed by atoms with Crippen LogP contribution in [0.1, 0.15) is 58.1 Å². The molecule has 14 heteroatoms. The van der Waals surface area contributed by atoms with E-state index in [1.54, 1.807) is 13.0 Å². The number of primary amides is 1. The van der Waals surface area contributed by atoms with Gasteiger partial charge >= 0.3 is 0 Å². The molecule has 232 valence electrons. The van der Waals surface area contributed by atoms with Gasteiger partial charge in [0.05, 0.1) is 37.2 Å². The molecule has 2 aliphatic rings. The molecule has 3 atom stereocenters. The minimum absolute atomic E-state index is 0.00813. The highest BCUT2D eigenvalue weighted by molar-refractivity contribution is 7.92. The number of nitrogens with two attached hydrogens (primary N) is 1. The first kappa shape index (κ1) is 32.8. The molecule has 0 bridgehead atoms. The smallest absolute Gasteiger partial charge is 0.287 e. The van der Waals surface area contributed by atoms with Crippen molar-refractivity contribution in [3.05, 3.63) is 58.1 Å². The Balaban J connectivity index is 1.86. The number of Topliss-reactive ketones (excluding diaryl/α,β-unsaturated/α-hetero) is 1. The summed E-state index contributed by atoms with van der Waals surface area (Å²) in [5, 5.41) is 1.04. The second kappa shape index (κ2) is 12.5. The Morgan fingerprint density at radius 2 is 1.86 bits per heavy atom. The normalized spacial score (nSPS) is 21.7. The summed E-state index contributed by atoms with van der Waals surface area (Å²) >= 11 is 12.1. The van der Waals surface area contributed by atoms with Crippen LogP contribution in [0.2, 0.25) is 10.0 Å². The number of nitrogens with zero attached hydrogens (tertiary/aromatic N) is 2. The molecular weight excluding hydrogens is 622 g/mol. The topological polar surface area (TPSA) is 157 Å². The van der Waals surface area contributed by atoms with Gasteiger partial charge in [0.25, 0.3) is 5.91 Å². The average Bonchev–Trinajstić information content (AvgIpc) is 3.65. The van der Waals surface area contributed by atoms with Crippen LogP contribution >= 0.6 is 23.2 Å². The predicted octanol–water partition coefficient (Wildman–Crippen LogP) is 3.37. The zero-order valence-corrected chi connectivity index (χ0v) is 26.1. The maximum atomic E-state index is 15.1. The molecule has 0 spiro atoms. The molecule has 2 heterocycles. The number of pyridine rings is 1. The molecule has 2 aromatic rings. The van der Waals surface area contributed by atoms with Crippen molar-refractivity contribution in [2.75, 3.05) is 13.1 Å². The minimum Gasteiger partial charge on any atom is -0.368 e. The van der Waals surface area contributed by atoms with Gasteiger partial charge < -0.3 is 16.0 Å². The first-order valence-electron chi connectivity index (χ1n) is 14.0. The summed E-state index contributed by atoms with van der Waals surface area (Å²) in [7, 11) is -4.30. The van der Waals surface area contributed by atoms with Crippen molar-refractivity contribution in [2.45, 2.75) is 73.5 Å². The van der Waals surface area contributed by atoms with Crippen molar-refractivity contribution in [2.24, 2.45) is 11.7 Å². The highest BCUT2D eigenvalue weighted by Gasteiger charge is 2.66. The number of amides is 3. The van der Waals surface area contributed by atoms with Gasteiger partial charge in [0, 0.05) is 19.3 Å². The van der Waals surface area contributed by atoms with Gasteiger partial charge in [-0.1, -0.05) is 55.6 Å². The fourth-order valence-corrected chi connectivity index (χ4v) is 8.41. The van der Waals surface area contributed by atoms with Gasteiger partial charge in [0.2, 0.25) is 17.6 Å². The minimum atomic E-state index is -4.30. The Hall–Kier alpha value is -3.09. The Labute approximate surface area is 259 Å². The molecule has 10 nitrogen and oxygen atoms in total. The molecule has 0 radical (unpaired) electrons. The number of nitrogens with one attached hydrogen (secondary N) is 1. The Bertz CT molecular complexity index is 1570. The molecule has 1 aliphatic carbocycles. The van der Waals surface area contributed by atoms with Gasteiger partial charge in [-0.25, -0.2) is 12.8 Å². The van der Waals surface area contributed by atoms with E-state index in [9.17, 15) is 27.6 Å². The van der Waals surface area contributed by atoms with E-state index in [0.717, 1.165) is 17.4 Å². The quantitative estimate of drug-likeness (QED) is 0.262. The van der Waals surface area contributed by atoms with Crippen LogP contribution in [0.3, 0.4) is 0 Å². The standard InChI is InChI=1S/C29H33Cl2FN4O6S/c1-3-5-12-34-25(38)23(37)19(4-2)29(26(33)39)14-18(43(41,42)22-9-7-6-8-20(22)31)16-36(29)27(40)28(10-11-28)24-21(32)13-17(30)15-35-24/h6-9,13,15,18-19H,3-5,10-12,14,16H2,1-2H3,(H2,33,39)(H,34,38)/t18?,19-,29?/m1/s1. The van der Waals surface area contributed by atoms with Crippen molar-refractivity contribution in [3.8, 4) is 0 Å². The maximum absolute atomic E-state index is 15.1. The Morgan fingerprint density at radius 3 is 2.42 bits per heavy atom. The highest BCUT2D eigenvalue weighted by Crippen LogP contribution is 2.53. The van der Waals surface area contributed by atoms with Crippen molar-refractivity contribution in [1.82, 2.24) is 15.2 Å². The summed E-state index contributed by atoms with van der Waals surface area (Å²) in [4.78, 5) is 59.3. The van der Waals surface area contributed by atoms with Crippen LogP contribution in [-0.2, 0) is 34.4 Å². The summed E-state index contributed by atoms with van der Waals surface area (Å²) in [6, 6.07) is 6.72. The third-order valence-corrected chi connectivity index (χ3v) is 11.2. The number of likely N-dealkylation sites (tertiary alicyclic amines) is 1. The molecule has 1 aromatic heterocycles. The molecule has 1 saturated carbocycles. The number of aromatic nitrogens is 1. The molecule has 3 amide bonds. The zero-order valence-electron chi connectivity index (χ0n) is 23.7. The largest absolute Gasteiger partial charge is 0.368 e. The molecule has 4 rings (SSSR count). The highest BCUT2D eigenvalue weighted by atomic mass is 35.5. The fourth-order valence-electron chi connectivity index (χ4n) is 6.02. The Morgan fingerprint density at radius 1 is 1.19 bits per heavy atom. The van der Waals surface area contributed by atoms with E-state index in [-0.39, 0.29) is 46.4 Å². The van der Waals surface area contributed by atoms with Gasteiger partial charge in [0.15, 0.2) is 9.84 Å². The van der Waals surface area contributed by atoms with Gasteiger partial charge in [-0.15, -0.1) is 0 Å². The average molecular weight is 656 g/mol. The van der Waals surface area contributed by atoms with E-state index in [4.69, 9.17) is 28.9 Å². The number of hydrogen-bond acceptors (Lipinski definition) is 7. The lowest BCUT2D eigenvalue weighted by Crippen LogP contribution is -2.64. The maximum Gasteiger partial charge on any atom is 0.287 e. The number of ketones is 1. The molecular formula is C29H33Cl2FN4O6S. The van der Waals surface area contributed by atoms with E-state index in [1.807, 2.05) is 6.92 Å². The van der Waals surface area contributed by atoms with E-state index in [2.05, 4.69) is 10.3 Å². The first-order chi connectivity index (χ1) is 20.3. The number of halogens is 3. The van der Waals surface area contributed by atoms with Gasteiger partial charge in [-0.05, 0) is 50.3 Å². The van der Waals surface area contributed by atoms with Crippen LogP contribution in [0.15, 0.2) is 41.4 Å². The van der Waals surface area contributed by atoms with E-state index >= 15 is 4.39 Å². The summed E-state index contributed by atoms with van der Waals surface area (Å²) in [5.41, 5.74) is 2.01. The molecule has 2 fully saturated rings. The molecule has 43 heavy (non-hydrogen) atoms. The van der Waals surface area contributed by atoms with Crippen LogP contribution in [-0.4, -0.2) is 65.7 Å². The van der Waals surface area contributed by atoms with E-state index in [1.165, 1.54) is 24.4 Å². The number of benzene rings is 1. The predicted molar refractivity (Wildman–Crippen MR) is 158 cm³/mol. The molecule has 1 saturated heterocycles. The van der Waals surface area contributed by atoms with Crippen LogP contribution in [0.25, 0.3) is 0 Å². The van der Waals surface area contributed by atoms with Crippen molar-refractivity contribution >= 4 is 56.5 Å². The third kappa shape index (κ3) is 5.76. The molecule has 2 unspecified atom stereocenters. The lowest BCUT2D eigenvalue weighted by Gasteiger charge is -2.42. The lowest BCUT2D eigenvalue weighted by atomic mass is 9.75. The van der Waals surface area contributed by atoms with Gasteiger partial charge in [-0.3, -0.25) is 24.2 Å². The monoisotopic (exact) mass is 654 g/mol. The molecule has 1 aromatic carbocycles.